The van der Waals surface area contributed by atoms with E-state index in [1.165, 1.54) is 6.42 Å². The molecule has 3 rings (SSSR count). The monoisotopic (exact) mass is 330 g/mol. The van der Waals surface area contributed by atoms with Gasteiger partial charge in [0, 0.05) is 0 Å². The van der Waals surface area contributed by atoms with E-state index in [1.54, 1.807) is 24.3 Å². The van der Waals surface area contributed by atoms with Gasteiger partial charge in [-0.05, 0) is 62.7 Å². The molecule has 1 aromatic rings. The SMILES string of the molecule is Cc1ccc(S(=O)(=O)NN=C2C=CC3(CC=CCC3)CC2)cc1. The normalized spacial score (nSPS) is 25.9. The van der Waals surface area contributed by atoms with Crippen LogP contribution in [0, 0.1) is 12.3 Å². The summed E-state index contributed by atoms with van der Waals surface area (Å²) in [6.07, 6.45) is 13.9. The smallest absolute Gasteiger partial charge is 0.200 e. The van der Waals surface area contributed by atoms with Crippen molar-refractivity contribution in [3.63, 3.8) is 0 Å². The Morgan fingerprint density at radius 1 is 1.13 bits per heavy atom. The number of nitrogens with zero attached hydrogens (tertiary/aromatic N) is 1. The number of nitrogens with one attached hydrogen (secondary N) is 1. The zero-order valence-corrected chi connectivity index (χ0v) is 14.1. The largest absolute Gasteiger partial charge is 0.276 e. The number of aryl methyl sites for hydroxylation is 1. The van der Waals surface area contributed by atoms with Crippen LogP contribution in [0.25, 0.3) is 0 Å². The van der Waals surface area contributed by atoms with Crippen LogP contribution in [0.2, 0.25) is 0 Å². The van der Waals surface area contributed by atoms with E-state index in [4.69, 9.17) is 0 Å². The van der Waals surface area contributed by atoms with Crippen molar-refractivity contribution in [1.29, 1.82) is 0 Å². The van der Waals surface area contributed by atoms with Crippen LogP contribution in [-0.4, -0.2) is 14.1 Å². The predicted molar refractivity (Wildman–Crippen MR) is 92.7 cm³/mol. The Hall–Kier alpha value is -1.88. The van der Waals surface area contributed by atoms with Crippen molar-refractivity contribution in [3.05, 3.63) is 54.1 Å². The Morgan fingerprint density at radius 3 is 2.52 bits per heavy atom. The number of hydrogen-bond acceptors (Lipinski definition) is 3. The van der Waals surface area contributed by atoms with Crippen molar-refractivity contribution in [1.82, 2.24) is 4.83 Å². The highest BCUT2D eigenvalue weighted by Gasteiger charge is 2.29. The van der Waals surface area contributed by atoms with Gasteiger partial charge in [-0.3, -0.25) is 0 Å². The molecule has 122 valence electrons. The van der Waals surface area contributed by atoms with E-state index in [9.17, 15) is 8.42 Å². The zero-order valence-electron chi connectivity index (χ0n) is 13.3. The third-order valence-electron chi connectivity index (χ3n) is 4.65. The maximum atomic E-state index is 12.2. The fraction of sp³-hybridized carbons (Fsp3) is 0.389. The van der Waals surface area contributed by atoms with Gasteiger partial charge in [0.2, 0.25) is 0 Å². The number of rotatable bonds is 3. The summed E-state index contributed by atoms with van der Waals surface area (Å²) in [5, 5.41) is 4.11. The summed E-state index contributed by atoms with van der Waals surface area (Å²) in [5.41, 5.74) is 2.07. The van der Waals surface area contributed by atoms with Crippen LogP contribution in [0.15, 0.2) is 58.6 Å². The fourth-order valence-corrected chi connectivity index (χ4v) is 3.92. The van der Waals surface area contributed by atoms with Crippen molar-refractivity contribution < 1.29 is 8.42 Å². The first-order chi connectivity index (χ1) is 11.0. The van der Waals surface area contributed by atoms with E-state index < -0.39 is 10.0 Å². The zero-order chi connectivity index (χ0) is 16.3. The minimum Gasteiger partial charge on any atom is -0.200 e. The molecular formula is C18H22N2O2S. The summed E-state index contributed by atoms with van der Waals surface area (Å²) >= 11 is 0. The summed E-state index contributed by atoms with van der Waals surface area (Å²) in [5.74, 6) is 0. The van der Waals surface area contributed by atoms with Crippen molar-refractivity contribution in [2.75, 3.05) is 0 Å². The number of hydrogen-bond donors (Lipinski definition) is 1. The van der Waals surface area contributed by atoms with Gasteiger partial charge in [-0.2, -0.15) is 18.4 Å². The minimum absolute atomic E-state index is 0.237. The second kappa shape index (κ2) is 6.32. The lowest BCUT2D eigenvalue weighted by Crippen LogP contribution is -2.26. The number of sulfonamides is 1. The molecule has 0 saturated heterocycles. The highest BCUT2D eigenvalue weighted by atomic mass is 32.2. The molecule has 2 aliphatic rings. The third kappa shape index (κ3) is 3.72. The van der Waals surface area contributed by atoms with E-state index >= 15 is 0 Å². The minimum atomic E-state index is -3.59. The Bertz CT molecular complexity index is 761. The van der Waals surface area contributed by atoms with Crippen LogP contribution in [0.5, 0.6) is 0 Å². The van der Waals surface area contributed by atoms with Crippen molar-refractivity contribution in [3.8, 4) is 0 Å². The van der Waals surface area contributed by atoms with Crippen molar-refractivity contribution in [2.24, 2.45) is 10.5 Å². The molecule has 0 aliphatic heterocycles. The molecule has 1 spiro atoms. The molecule has 0 amide bonds. The van der Waals surface area contributed by atoms with Crippen LogP contribution in [-0.2, 0) is 10.0 Å². The van der Waals surface area contributed by atoms with Gasteiger partial charge < -0.3 is 0 Å². The van der Waals surface area contributed by atoms with E-state index in [0.29, 0.717) is 0 Å². The van der Waals surface area contributed by atoms with E-state index in [-0.39, 0.29) is 10.3 Å². The molecule has 0 bridgehead atoms. The molecule has 0 radical (unpaired) electrons. The molecule has 0 saturated carbocycles. The van der Waals surface area contributed by atoms with Crippen LogP contribution in [0.3, 0.4) is 0 Å². The standard InChI is InChI=1S/C18H22N2O2S/c1-15-5-7-17(8-6-15)23(21,22)20-19-16-9-13-18(14-10-16)11-3-2-4-12-18/h2-3,5-9,13,20H,4,10-12,14H2,1H3. The van der Waals surface area contributed by atoms with E-state index in [2.05, 4.69) is 28.2 Å². The van der Waals surface area contributed by atoms with Gasteiger partial charge in [0.05, 0.1) is 10.6 Å². The molecule has 1 atom stereocenters. The Morgan fingerprint density at radius 2 is 1.91 bits per heavy atom. The van der Waals surface area contributed by atoms with Crippen molar-refractivity contribution >= 4 is 15.7 Å². The second-order valence-corrected chi connectivity index (χ2v) is 8.08. The highest BCUT2D eigenvalue weighted by Crippen LogP contribution is 2.40. The quantitative estimate of drug-likeness (QED) is 0.678. The molecule has 0 heterocycles. The molecule has 5 heteroatoms. The first-order valence-electron chi connectivity index (χ1n) is 7.98. The second-order valence-electron chi connectivity index (χ2n) is 6.42. The molecule has 2 aliphatic carbocycles. The van der Waals surface area contributed by atoms with Gasteiger partial charge in [-0.15, -0.1) is 0 Å². The van der Waals surface area contributed by atoms with Gasteiger partial charge in [0.15, 0.2) is 0 Å². The molecule has 1 unspecified atom stereocenters. The van der Waals surface area contributed by atoms with Gasteiger partial charge in [-0.1, -0.05) is 35.9 Å². The summed E-state index contributed by atoms with van der Waals surface area (Å²) < 4.78 is 24.5. The molecule has 0 aromatic heterocycles. The molecule has 4 nitrogen and oxygen atoms in total. The maximum Gasteiger partial charge on any atom is 0.276 e. The number of benzene rings is 1. The van der Waals surface area contributed by atoms with Gasteiger partial charge in [0.25, 0.3) is 10.0 Å². The Labute approximate surface area is 138 Å². The highest BCUT2D eigenvalue weighted by molar-refractivity contribution is 7.89. The fourth-order valence-electron chi connectivity index (χ4n) is 3.09. The summed E-state index contributed by atoms with van der Waals surface area (Å²) in [6, 6.07) is 6.75. The van der Waals surface area contributed by atoms with Crippen LogP contribution in [0.1, 0.15) is 37.7 Å². The average molecular weight is 330 g/mol. The van der Waals surface area contributed by atoms with E-state index in [1.807, 2.05) is 13.0 Å². The van der Waals surface area contributed by atoms with Crippen molar-refractivity contribution in [2.45, 2.75) is 43.9 Å². The molecule has 23 heavy (non-hydrogen) atoms. The first kappa shape index (κ1) is 16.0. The molecule has 1 aromatic carbocycles. The summed E-state index contributed by atoms with van der Waals surface area (Å²) in [4.78, 5) is 2.59. The molecule has 0 fully saturated rings. The first-order valence-corrected chi connectivity index (χ1v) is 9.47. The van der Waals surface area contributed by atoms with Crippen LogP contribution in [0.4, 0.5) is 0 Å². The molecule has 1 N–H and O–H groups in total. The van der Waals surface area contributed by atoms with Gasteiger partial charge >= 0.3 is 0 Å². The summed E-state index contributed by atoms with van der Waals surface area (Å²) in [7, 11) is -3.59. The Balaban J connectivity index is 1.70. The van der Waals surface area contributed by atoms with E-state index in [0.717, 1.165) is 37.0 Å². The maximum absolute atomic E-state index is 12.2. The van der Waals surface area contributed by atoms with Crippen LogP contribution < -0.4 is 4.83 Å². The third-order valence-corrected chi connectivity index (χ3v) is 5.87. The topological polar surface area (TPSA) is 58.5 Å². The Kier molecular flexibility index (Phi) is 4.39. The lowest BCUT2D eigenvalue weighted by atomic mass is 9.71. The van der Waals surface area contributed by atoms with Crippen LogP contribution >= 0.6 is 0 Å². The average Bonchev–Trinajstić information content (AvgIpc) is 2.56. The summed E-state index contributed by atoms with van der Waals surface area (Å²) in [6.45, 7) is 1.92. The number of allylic oxidation sites excluding steroid dienone is 4. The van der Waals surface area contributed by atoms with Gasteiger partial charge in [-0.25, -0.2) is 0 Å². The predicted octanol–water partition coefficient (Wildman–Crippen LogP) is 3.71. The molecular weight excluding hydrogens is 308 g/mol. The lowest BCUT2D eigenvalue weighted by Gasteiger charge is -2.34. The van der Waals surface area contributed by atoms with Gasteiger partial charge in [0.1, 0.15) is 0 Å². The number of hydrazone groups is 1. The lowest BCUT2D eigenvalue weighted by molar-refractivity contribution is 0.319.